The Kier molecular flexibility index (Phi) is 6.90. The van der Waals surface area contributed by atoms with Crippen LogP contribution in [-0.2, 0) is 11.4 Å². The summed E-state index contributed by atoms with van der Waals surface area (Å²) >= 11 is 0. The van der Waals surface area contributed by atoms with Crippen molar-refractivity contribution in [2.75, 3.05) is 23.3 Å². The van der Waals surface area contributed by atoms with Gasteiger partial charge < -0.3 is 20.5 Å². The van der Waals surface area contributed by atoms with Crippen molar-refractivity contribution in [3.63, 3.8) is 0 Å². The molecule has 3 aromatic carbocycles. The molecule has 1 atom stereocenters. The van der Waals surface area contributed by atoms with Crippen molar-refractivity contribution in [2.45, 2.75) is 26.1 Å². The van der Waals surface area contributed by atoms with Crippen LogP contribution in [0.5, 0.6) is 5.75 Å². The molecule has 1 unspecified atom stereocenters. The molecule has 0 spiro atoms. The largest absolute Gasteiger partial charge is 0.489 e. The molecule has 0 radical (unpaired) electrons. The lowest BCUT2D eigenvalue weighted by Crippen LogP contribution is -2.28. The maximum absolute atomic E-state index is 12.6. The Balaban J connectivity index is 1.33. The predicted octanol–water partition coefficient (Wildman–Crippen LogP) is 4.17. The summed E-state index contributed by atoms with van der Waals surface area (Å²) < 4.78 is 5.77. The van der Waals surface area contributed by atoms with Crippen LogP contribution in [0.4, 0.5) is 16.2 Å². The number of anilines is 2. The lowest BCUT2D eigenvalue weighted by atomic mass is 10.1. The third-order valence-corrected chi connectivity index (χ3v) is 5.62. The highest BCUT2D eigenvalue weighted by Crippen LogP contribution is 2.28. The fourth-order valence-electron chi connectivity index (χ4n) is 3.77. The van der Waals surface area contributed by atoms with Gasteiger partial charge in [-0.25, -0.2) is 4.79 Å². The number of aliphatic hydroxyl groups excluding tert-OH is 1. The van der Waals surface area contributed by atoms with Crippen molar-refractivity contribution in [1.82, 2.24) is 5.32 Å². The molecule has 0 aliphatic carbocycles. The topological polar surface area (TPSA) is 90.9 Å². The molecule has 3 aromatic rings. The summed E-state index contributed by atoms with van der Waals surface area (Å²) in [5.41, 5.74) is 3.89. The number of benzene rings is 3. The van der Waals surface area contributed by atoms with Gasteiger partial charge in [-0.1, -0.05) is 48.5 Å². The third kappa shape index (κ3) is 5.51. The highest BCUT2D eigenvalue weighted by Gasteiger charge is 2.23. The number of hydrogen-bond donors (Lipinski definition) is 3. The molecule has 1 saturated heterocycles. The Hall–Kier alpha value is -3.84. The summed E-state index contributed by atoms with van der Waals surface area (Å²) in [5.74, 6) is 0.385. The van der Waals surface area contributed by atoms with Crippen LogP contribution in [0.3, 0.4) is 0 Å². The lowest BCUT2D eigenvalue weighted by Gasteiger charge is -2.20. The minimum absolute atomic E-state index is 0.0852. The Bertz CT molecular complexity index is 1120. The zero-order valence-electron chi connectivity index (χ0n) is 18.5. The fraction of sp³-hybridized carbons (Fsp3) is 0.231. The van der Waals surface area contributed by atoms with Crippen LogP contribution in [0.1, 0.15) is 29.2 Å². The number of hydrogen-bond acceptors (Lipinski definition) is 4. The van der Waals surface area contributed by atoms with E-state index in [1.54, 1.807) is 41.3 Å². The first-order valence-corrected chi connectivity index (χ1v) is 10.9. The Morgan fingerprint density at radius 3 is 2.55 bits per heavy atom. The SMILES string of the molecule is Cc1c(NC(=O)CC(O)c2ccc(OCc3ccccc3)cc2)cccc1N1CCNC1=O. The monoisotopic (exact) mass is 445 g/mol. The van der Waals surface area contributed by atoms with Gasteiger partial charge in [-0.05, 0) is 47.9 Å². The second-order valence-electron chi connectivity index (χ2n) is 7.94. The average Bonchev–Trinajstić information content (AvgIpc) is 3.25. The van der Waals surface area contributed by atoms with Crippen molar-refractivity contribution in [3.05, 3.63) is 89.5 Å². The Labute approximate surface area is 193 Å². The van der Waals surface area contributed by atoms with Gasteiger partial charge in [-0.3, -0.25) is 9.69 Å². The number of urea groups is 1. The van der Waals surface area contributed by atoms with E-state index in [1.165, 1.54) is 0 Å². The molecule has 1 fully saturated rings. The van der Waals surface area contributed by atoms with Crippen LogP contribution in [0, 0.1) is 6.92 Å². The summed E-state index contributed by atoms with van der Waals surface area (Å²) in [6, 6.07) is 22.3. The molecule has 0 saturated carbocycles. The number of nitrogens with one attached hydrogen (secondary N) is 2. The lowest BCUT2D eigenvalue weighted by molar-refractivity contribution is -0.118. The highest BCUT2D eigenvalue weighted by molar-refractivity contribution is 5.97. The van der Waals surface area contributed by atoms with Crippen LogP contribution in [-0.4, -0.2) is 30.1 Å². The van der Waals surface area contributed by atoms with Gasteiger partial charge in [0, 0.05) is 18.8 Å². The zero-order valence-corrected chi connectivity index (χ0v) is 18.5. The molecular formula is C26H27N3O4. The smallest absolute Gasteiger partial charge is 0.322 e. The van der Waals surface area contributed by atoms with Crippen LogP contribution in [0.2, 0.25) is 0 Å². The fourth-order valence-corrected chi connectivity index (χ4v) is 3.77. The molecule has 33 heavy (non-hydrogen) atoms. The molecule has 0 bridgehead atoms. The normalized spacial score (nSPS) is 14.0. The number of ether oxygens (including phenoxy) is 1. The quantitative estimate of drug-likeness (QED) is 0.485. The molecule has 1 heterocycles. The highest BCUT2D eigenvalue weighted by atomic mass is 16.5. The van der Waals surface area contributed by atoms with Gasteiger partial charge in [-0.2, -0.15) is 0 Å². The van der Waals surface area contributed by atoms with Crippen molar-refractivity contribution < 1.29 is 19.4 Å². The van der Waals surface area contributed by atoms with Crippen molar-refractivity contribution in [1.29, 1.82) is 0 Å². The third-order valence-electron chi connectivity index (χ3n) is 5.62. The van der Waals surface area contributed by atoms with E-state index in [0.717, 1.165) is 16.8 Å². The molecule has 0 aromatic heterocycles. The van der Waals surface area contributed by atoms with E-state index in [4.69, 9.17) is 4.74 Å². The molecule has 1 aliphatic rings. The van der Waals surface area contributed by atoms with Gasteiger partial charge in [0.2, 0.25) is 5.91 Å². The van der Waals surface area contributed by atoms with E-state index in [0.29, 0.717) is 36.7 Å². The van der Waals surface area contributed by atoms with E-state index >= 15 is 0 Å². The number of carbonyl (C=O) groups excluding carboxylic acids is 2. The van der Waals surface area contributed by atoms with Gasteiger partial charge in [0.05, 0.1) is 18.2 Å². The first-order valence-electron chi connectivity index (χ1n) is 10.9. The Morgan fingerprint density at radius 2 is 1.85 bits per heavy atom. The van der Waals surface area contributed by atoms with E-state index in [2.05, 4.69) is 10.6 Å². The molecule has 1 aliphatic heterocycles. The second kappa shape index (κ2) is 10.2. The maximum Gasteiger partial charge on any atom is 0.322 e. The number of carbonyl (C=O) groups is 2. The zero-order chi connectivity index (χ0) is 23.2. The minimum Gasteiger partial charge on any atom is -0.489 e. The van der Waals surface area contributed by atoms with E-state index in [-0.39, 0.29) is 18.4 Å². The van der Waals surface area contributed by atoms with E-state index in [9.17, 15) is 14.7 Å². The standard InChI is InChI=1S/C26H27N3O4/c1-18-22(8-5-9-23(18)29-15-14-27-26(29)32)28-25(31)16-24(30)20-10-12-21(13-11-20)33-17-19-6-3-2-4-7-19/h2-13,24,30H,14-17H2,1H3,(H,27,32)(H,28,31). The molecule has 7 heteroatoms. The maximum atomic E-state index is 12.6. The van der Waals surface area contributed by atoms with Gasteiger partial charge >= 0.3 is 6.03 Å². The summed E-state index contributed by atoms with van der Waals surface area (Å²) in [5, 5.41) is 16.2. The van der Waals surface area contributed by atoms with Crippen LogP contribution >= 0.6 is 0 Å². The van der Waals surface area contributed by atoms with Gasteiger partial charge in [0.1, 0.15) is 12.4 Å². The van der Waals surface area contributed by atoms with Crippen LogP contribution in [0.25, 0.3) is 0 Å². The van der Waals surface area contributed by atoms with Gasteiger partial charge in [-0.15, -0.1) is 0 Å². The van der Waals surface area contributed by atoms with Crippen molar-refractivity contribution >= 4 is 23.3 Å². The van der Waals surface area contributed by atoms with Crippen molar-refractivity contribution in [3.8, 4) is 5.75 Å². The summed E-state index contributed by atoms with van der Waals surface area (Å²) in [6.07, 6.45) is -1.03. The average molecular weight is 446 g/mol. The molecule has 3 N–H and O–H groups in total. The van der Waals surface area contributed by atoms with E-state index in [1.807, 2.05) is 43.3 Å². The molecular weight excluding hydrogens is 418 g/mol. The summed E-state index contributed by atoms with van der Waals surface area (Å²) in [6.45, 7) is 3.50. The van der Waals surface area contributed by atoms with Gasteiger partial charge in [0.25, 0.3) is 0 Å². The number of aliphatic hydroxyl groups is 1. The van der Waals surface area contributed by atoms with Gasteiger partial charge in [0.15, 0.2) is 0 Å². The second-order valence-corrected chi connectivity index (χ2v) is 7.94. The van der Waals surface area contributed by atoms with E-state index < -0.39 is 6.10 Å². The Morgan fingerprint density at radius 1 is 1.09 bits per heavy atom. The minimum atomic E-state index is -0.943. The van der Waals surface area contributed by atoms with Crippen LogP contribution in [0.15, 0.2) is 72.8 Å². The molecule has 4 rings (SSSR count). The van der Waals surface area contributed by atoms with Crippen molar-refractivity contribution in [2.24, 2.45) is 0 Å². The number of amides is 3. The summed E-state index contributed by atoms with van der Waals surface area (Å²) in [7, 11) is 0. The molecule has 3 amide bonds. The first-order chi connectivity index (χ1) is 16.0. The number of nitrogens with zero attached hydrogens (tertiary/aromatic N) is 1. The summed E-state index contributed by atoms with van der Waals surface area (Å²) in [4.78, 5) is 26.2. The molecule has 170 valence electrons. The number of rotatable bonds is 8. The first kappa shape index (κ1) is 22.4. The molecule has 7 nitrogen and oxygen atoms in total. The van der Waals surface area contributed by atoms with Crippen LogP contribution < -0.4 is 20.3 Å². The predicted molar refractivity (Wildman–Crippen MR) is 127 cm³/mol.